The first-order valence-electron chi connectivity index (χ1n) is 12.6. The number of hydrogen-bond donors (Lipinski definition) is 1. The van der Waals surface area contributed by atoms with Gasteiger partial charge in [0.25, 0.3) is 20.2 Å². The van der Waals surface area contributed by atoms with Crippen molar-refractivity contribution >= 4 is 43.0 Å². The van der Waals surface area contributed by atoms with Gasteiger partial charge in [0.15, 0.2) is 0 Å². The zero-order valence-corrected chi connectivity index (χ0v) is 27.2. The lowest BCUT2D eigenvalue weighted by Gasteiger charge is -2.23. The number of aliphatic hydroxyl groups is 1. The van der Waals surface area contributed by atoms with E-state index in [1.165, 1.54) is 38.1 Å². The maximum atomic E-state index is 11.9. The first kappa shape index (κ1) is 38.6. The predicted octanol–water partition coefficient (Wildman–Crippen LogP) is 5.07. The third-order valence-corrected chi connectivity index (χ3v) is 7.59. The average molecular weight is 637 g/mol. The summed E-state index contributed by atoms with van der Waals surface area (Å²) in [5.41, 5.74) is 0.276. The van der Waals surface area contributed by atoms with Crippen LogP contribution >= 0.6 is 11.6 Å². The van der Waals surface area contributed by atoms with Gasteiger partial charge in [-0.15, -0.1) is 0 Å². The van der Waals surface area contributed by atoms with Crippen LogP contribution in [-0.2, 0) is 42.9 Å². The first-order valence-corrected chi connectivity index (χ1v) is 15.8. The molecule has 0 radical (unpaired) electrons. The first-order chi connectivity index (χ1) is 18.6. The molecule has 0 aromatic heterocycles. The molecule has 41 heavy (non-hydrogen) atoms. The highest BCUT2D eigenvalue weighted by Crippen LogP contribution is 2.18. The lowest BCUT2D eigenvalue weighted by Crippen LogP contribution is -2.29. The Labute approximate surface area is 249 Å². The van der Waals surface area contributed by atoms with Gasteiger partial charge >= 0.3 is 5.97 Å². The molecule has 1 N–H and O–H groups in total. The van der Waals surface area contributed by atoms with E-state index in [-0.39, 0.29) is 41.1 Å². The summed E-state index contributed by atoms with van der Waals surface area (Å²) in [6, 6.07) is 12.9. The molecule has 0 unspecified atom stereocenters. The van der Waals surface area contributed by atoms with E-state index in [0.717, 1.165) is 11.1 Å². The molecule has 0 atom stereocenters. The predicted molar refractivity (Wildman–Crippen MR) is 157 cm³/mol. The lowest BCUT2D eigenvalue weighted by molar-refractivity contribution is -0.154. The summed E-state index contributed by atoms with van der Waals surface area (Å²) in [6.07, 6.45) is 0.551. The molecule has 0 spiro atoms. The maximum Gasteiger partial charge on any atom is 0.303 e. The summed E-state index contributed by atoms with van der Waals surface area (Å²) >= 11 is 4.64. The summed E-state index contributed by atoms with van der Waals surface area (Å²) in [5, 5.41) is 9.09. The Balaban J connectivity index is 0.000000697. The Kier molecular flexibility index (Phi) is 16.0. The molecule has 2 aromatic rings. The molecule has 2 rings (SSSR count). The summed E-state index contributed by atoms with van der Waals surface area (Å²) in [6.45, 7) is 12.9. The van der Waals surface area contributed by atoms with Crippen LogP contribution in [0.3, 0.4) is 0 Å². The van der Waals surface area contributed by atoms with Crippen molar-refractivity contribution in [3.05, 3.63) is 59.7 Å². The molecule has 0 bridgehead atoms. The molecule has 0 saturated heterocycles. The number of halogens is 1. The second-order valence-corrected chi connectivity index (χ2v) is 14.1. The van der Waals surface area contributed by atoms with Gasteiger partial charge in [0.2, 0.25) is 5.24 Å². The van der Waals surface area contributed by atoms with Crippen LogP contribution in [0.25, 0.3) is 0 Å². The molecule has 0 saturated carbocycles. The van der Waals surface area contributed by atoms with E-state index >= 15 is 0 Å². The van der Waals surface area contributed by atoms with E-state index in [2.05, 4.69) is 11.6 Å². The highest BCUT2D eigenvalue weighted by Gasteiger charge is 2.23. The van der Waals surface area contributed by atoms with Crippen LogP contribution in [0, 0.1) is 13.8 Å². The molecule has 232 valence electrons. The Morgan fingerprint density at radius 2 is 1.05 bits per heavy atom. The van der Waals surface area contributed by atoms with Crippen molar-refractivity contribution in [1.29, 1.82) is 0 Å². The van der Waals surface area contributed by atoms with Crippen LogP contribution in [0.1, 0.15) is 65.5 Å². The Morgan fingerprint density at radius 1 is 0.732 bits per heavy atom. The van der Waals surface area contributed by atoms with Crippen molar-refractivity contribution in [2.24, 2.45) is 0 Å². The highest BCUT2D eigenvalue weighted by atomic mass is 35.5. The molecule has 2 aromatic carbocycles. The lowest BCUT2D eigenvalue weighted by atomic mass is 10.1. The largest absolute Gasteiger partial charge is 0.460 e. The minimum Gasteiger partial charge on any atom is -0.460 e. The van der Waals surface area contributed by atoms with E-state index in [9.17, 15) is 31.5 Å². The van der Waals surface area contributed by atoms with Crippen molar-refractivity contribution in [3.63, 3.8) is 0 Å². The van der Waals surface area contributed by atoms with Gasteiger partial charge in [-0.2, -0.15) is 16.8 Å². The number of rotatable bonds is 11. The van der Waals surface area contributed by atoms with Crippen LogP contribution in [-0.4, -0.2) is 57.6 Å². The van der Waals surface area contributed by atoms with Gasteiger partial charge in [0.05, 0.1) is 28.6 Å². The standard InChI is InChI=1S/C14H20O5S.C12H18O4S.C2H3ClO/c1-11-5-7-13(8-6-11)20(16,17)18-10-9-14(3,4)19-12(2)15;1-10-4-6-11(7-5-10)17(14,15)16-9-8-12(2,3)13;1-2(3)4/h5-8H,9-10H2,1-4H3;4-7,13H,8-9H2,1-3H3;1H3. The minimum absolute atomic E-state index is 0.0281. The van der Waals surface area contributed by atoms with Crippen molar-refractivity contribution in [2.75, 3.05) is 13.2 Å². The SMILES string of the molecule is CC(=O)Cl.CC(=O)OC(C)(C)CCOS(=O)(=O)c1ccc(C)cc1.Cc1ccc(S(=O)(=O)OCCC(C)(C)O)cc1. The van der Waals surface area contributed by atoms with Crippen LogP contribution in [0.5, 0.6) is 0 Å². The highest BCUT2D eigenvalue weighted by molar-refractivity contribution is 7.87. The van der Waals surface area contributed by atoms with Gasteiger partial charge in [-0.3, -0.25) is 18.0 Å². The fraction of sp³-hybridized carbons (Fsp3) is 0.500. The topological polar surface area (TPSA) is 150 Å². The fourth-order valence-corrected chi connectivity index (χ4v) is 4.60. The van der Waals surface area contributed by atoms with E-state index in [4.69, 9.17) is 13.1 Å². The average Bonchev–Trinajstić information content (AvgIpc) is 2.77. The third-order valence-electron chi connectivity index (χ3n) is 4.93. The van der Waals surface area contributed by atoms with E-state index in [1.54, 1.807) is 52.0 Å². The third kappa shape index (κ3) is 18.7. The number of esters is 1. The molecule has 0 aliphatic heterocycles. The number of carbonyl (C=O) groups excluding carboxylic acids is 2. The number of carbonyl (C=O) groups is 2. The molecule has 0 aliphatic rings. The molecular formula is C28H41ClO10S2. The normalized spacial score (nSPS) is 11.9. The molecule has 0 amide bonds. The zero-order valence-electron chi connectivity index (χ0n) is 24.8. The van der Waals surface area contributed by atoms with Gasteiger partial charge in [-0.25, -0.2) is 0 Å². The van der Waals surface area contributed by atoms with Crippen LogP contribution in [0.4, 0.5) is 0 Å². The molecular weight excluding hydrogens is 596 g/mol. The maximum absolute atomic E-state index is 11.9. The minimum atomic E-state index is -3.77. The van der Waals surface area contributed by atoms with Crippen molar-refractivity contribution in [3.8, 4) is 0 Å². The number of ether oxygens (including phenoxy) is 1. The summed E-state index contributed by atoms with van der Waals surface area (Å²) < 4.78 is 62.2. The Morgan fingerprint density at radius 3 is 1.34 bits per heavy atom. The number of aryl methyl sites for hydroxylation is 2. The zero-order chi connectivity index (χ0) is 32.1. The molecule has 0 aliphatic carbocycles. The second kappa shape index (κ2) is 16.9. The fourth-order valence-electron chi connectivity index (χ4n) is 2.78. The smallest absolute Gasteiger partial charge is 0.303 e. The Bertz CT molecular complexity index is 1310. The molecule has 13 heteroatoms. The number of hydrogen-bond acceptors (Lipinski definition) is 10. The monoisotopic (exact) mass is 636 g/mol. The Hall–Kier alpha value is -2.35. The molecule has 0 heterocycles. The number of benzene rings is 2. The van der Waals surface area contributed by atoms with Crippen LogP contribution in [0.15, 0.2) is 58.3 Å². The molecule has 0 fully saturated rings. The van der Waals surface area contributed by atoms with E-state index in [0.29, 0.717) is 0 Å². The van der Waals surface area contributed by atoms with Gasteiger partial charge in [-0.1, -0.05) is 35.4 Å². The quantitative estimate of drug-likeness (QED) is 0.201. The van der Waals surface area contributed by atoms with Crippen molar-refractivity contribution < 1.29 is 44.6 Å². The molecule has 10 nitrogen and oxygen atoms in total. The summed E-state index contributed by atoms with van der Waals surface area (Å²) in [4.78, 5) is 20.4. The van der Waals surface area contributed by atoms with Gasteiger partial charge < -0.3 is 9.84 Å². The summed E-state index contributed by atoms with van der Waals surface area (Å²) in [7, 11) is -7.48. The van der Waals surface area contributed by atoms with Crippen molar-refractivity contribution in [2.45, 2.75) is 89.2 Å². The van der Waals surface area contributed by atoms with Crippen LogP contribution in [0.2, 0.25) is 0 Å². The van der Waals surface area contributed by atoms with Gasteiger partial charge in [0, 0.05) is 26.7 Å². The van der Waals surface area contributed by atoms with Gasteiger partial charge in [-0.05, 0) is 77.4 Å². The van der Waals surface area contributed by atoms with E-state index < -0.39 is 37.4 Å². The summed E-state index contributed by atoms with van der Waals surface area (Å²) in [5.74, 6) is -0.406. The van der Waals surface area contributed by atoms with E-state index in [1.807, 2.05) is 13.8 Å². The second-order valence-electron chi connectivity index (χ2n) is 10.3. The van der Waals surface area contributed by atoms with Crippen molar-refractivity contribution in [1.82, 2.24) is 0 Å². The van der Waals surface area contributed by atoms with Gasteiger partial charge in [0.1, 0.15) is 5.60 Å². The van der Waals surface area contributed by atoms with Crippen LogP contribution < -0.4 is 0 Å².